The van der Waals surface area contributed by atoms with Gasteiger partial charge in [0.15, 0.2) is 11.5 Å². The molecule has 2 heterocycles. The molecule has 0 spiro atoms. The lowest BCUT2D eigenvalue weighted by molar-refractivity contribution is -0.131. The first kappa shape index (κ1) is 18.0. The molecule has 0 unspecified atom stereocenters. The van der Waals surface area contributed by atoms with E-state index in [2.05, 4.69) is 10.3 Å². The van der Waals surface area contributed by atoms with Crippen LogP contribution in [0.25, 0.3) is 0 Å². The average molecular weight is 395 g/mol. The van der Waals surface area contributed by atoms with E-state index in [1.165, 1.54) is 0 Å². The number of carbonyl (C=O) groups excluding carboxylic acids is 2. The molecular formula is C21H15ClN2O4. The lowest BCUT2D eigenvalue weighted by Gasteiger charge is -2.10. The zero-order valence-corrected chi connectivity index (χ0v) is 15.6. The number of rotatable bonds is 4. The monoisotopic (exact) mass is 394 g/mol. The number of hydrogen-bond donors (Lipinski definition) is 1. The Labute approximate surface area is 166 Å². The van der Waals surface area contributed by atoms with Gasteiger partial charge in [0, 0.05) is 28.5 Å². The summed E-state index contributed by atoms with van der Waals surface area (Å²) < 4.78 is 11.0. The van der Waals surface area contributed by atoms with Gasteiger partial charge in [-0.25, -0.2) is 0 Å². The molecule has 6 nitrogen and oxygen atoms in total. The lowest BCUT2D eigenvalue weighted by Crippen LogP contribution is -2.11. The van der Waals surface area contributed by atoms with E-state index in [0.717, 1.165) is 5.56 Å². The maximum absolute atomic E-state index is 12.4. The van der Waals surface area contributed by atoms with Crippen molar-refractivity contribution in [2.75, 3.05) is 5.32 Å². The number of aromatic nitrogens is 1. The van der Waals surface area contributed by atoms with Gasteiger partial charge in [0.2, 0.25) is 0 Å². The molecule has 2 aromatic carbocycles. The highest BCUT2D eigenvalue weighted by atomic mass is 35.5. The minimum atomic E-state index is -0.353. The van der Waals surface area contributed by atoms with Gasteiger partial charge in [0.05, 0.1) is 12.1 Å². The summed E-state index contributed by atoms with van der Waals surface area (Å²) in [5.41, 5.74) is 2.54. The van der Waals surface area contributed by atoms with E-state index in [9.17, 15) is 9.59 Å². The number of aryl methyl sites for hydroxylation is 1. The van der Waals surface area contributed by atoms with Crippen LogP contribution >= 0.6 is 11.6 Å². The number of benzene rings is 2. The molecular weight excluding hydrogens is 380 g/mol. The predicted octanol–water partition coefficient (Wildman–Crippen LogP) is 4.55. The van der Waals surface area contributed by atoms with Crippen molar-refractivity contribution in [2.45, 2.75) is 13.3 Å². The fourth-order valence-electron chi connectivity index (χ4n) is 2.80. The molecule has 0 bridgehead atoms. The van der Waals surface area contributed by atoms with Gasteiger partial charge in [-0.05, 0) is 55.0 Å². The molecule has 1 amide bonds. The van der Waals surface area contributed by atoms with Gasteiger partial charge in [-0.1, -0.05) is 11.6 Å². The van der Waals surface area contributed by atoms with Gasteiger partial charge in [0.1, 0.15) is 5.75 Å². The number of halogens is 1. The third-order valence-electron chi connectivity index (χ3n) is 4.23. The molecule has 7 heteroatoms. The first-order valence-electron chi connectivity index (χ1n) is 8.53. The Hall–Kier alpha value is -3.38. The van der Waals surface area contributed by atoms with Crippen LogP contribution in [0.15, 0.2) is 54.7 Å². The fraction of sp³-hybridized carbons (Fsp3) is 0.0952. The van der Waals surface area contributed by atoms with Crippen LogP contribution in [0.1, 0.15) is 21.6 Å². The number of esters is 1. The third-order valence-corrected chi connectivity index (χ3v) is 4.65. The van der Waals surface area contributed by atoms with E-state index in [1.807, 2.05) is 6.92 Å². The second kappa shape index (κ2) is 7.32. The van der Waals surface area contributed by atoms with E-state index in [0.29, 0.717) is 39.2 Å². The van der Waals surface area contributed by atoms with Gasteiger partial charge in [-0.3, -0.25) is 14.6 Å². The van der Waals surface area contributed by atoms with Crippen molar-refractivity contribution in [3.8, 4) is 17.2 Å². The summed E-state index contributed by atoms with van der Waals surface area (Å²) in [6, 6.07) is 13.6. The summed E-state index contributed by atoms with van der Waals surface area (Å²) in [5, 5.41) is 3.44. The van der Waals surface area contributed by atoms with E-state index in [1.54, 1.807) is 54.7 Å². The fourth-order valence-corrected chi connectivity index (χ4v) is 2.91. The maximum atomic E-state index is 12.4. The molecule has 1 aliphatic rings. The van der Waals surface area contributed by atoms with Crippen LogP contribution in [0.3, 0.4) is 0 Å². The Morgan fingerprint density at radius 3 is 2.71 bits per heavy atom. The molecule has 1 aromatic heterocycles. The number of ether oxygens (including phenoxy) is 2. The Bertz CT molecular complexity index is 1080. The van der Waals surface area contributed by atoms with Crippen LogP contribution in [0, 0.1) is 6.92 Å². The van der Waals surface area contributed by atoms with Crippen molar-refractivity contribution in [3.05, 3.63) is 76.6 Å². The summed E-state index contributed by atoms with van der Waals surface area (Å²) in [4.78, 5) is 27.9. The molecule has 0 radical (unpaired) electrons. The third kappa shape index (κ3) is 3.68. The van der Waals surface area contributed by atoms with E-state index in [-0.39, 0.29) is 18.3 Å². The number of pyridine rings is 1. The summed E-state index contributed by atoms with van der Waals surface area (Å²) in [7, 11) is 0. The molecule has 28 heavy (non-hydrogen) atoms. The van der Waals surface area contributed by atoms with Gasteiger partial charge < -0.3 is 14.8 Å². The molecule has 3 aromatic rings. The Balaban J connectivity index is 1.46. The topological polar surface area (TPSA) is 77.5 Å². The van der Waals surface area contributed by atoms with Crippen LogP contribution < -0.4 is 14.8 Å². The van der Waals surface area contributed by atoms with Gasteiger partial charge in [-0.15, -0.1) is 0 Å². The highest BCUT2D eigenvalue weighted by molar-refractivity contribution is 6.31. The van der Waals surface area contributed by atoms with Gasteiger partial charge in [-0.2, -0.15) is 0 Å². The quantitative estimate of drug-likeness (QED) is 0.657. The number of nitrogens with one attached hydrogen (secondary N) is 1. The van der Waals surface area contributed by atoms with Crippen molar-refractivity contribution < 1.29 is 19.1 Å². The van der Waals surface area contributed by atoms with Crippen LogP contribution in [0.2, 0.25) is 5.02 Å². The van der Waals surface area contributed by atoms with Crippen molar-refractivity contribution in [3.63, 3.8) is 0 Å². The molecule has 0 saturated carbocycles. The Morgan fingerprint density at radius 2 is 1.96 bits per heavy atom. The van der Waals surface area contributed by atoms with E-state index in [4.69, 9.17) is 21.1 Å². The highest BCUT2D eigenvalue weighted by Gasteiger charge is 2.25. The Kier molecular flexibility index (Phi) is 4.71. The van der Waals surface area contributed by atoms with Crippen molar-refractivity contribution in [1.29, 1.82) is 0 Å². The van der Waals surface area contributed by atoms with Crippen molar-refractivity contribution >= 4 is 29.2 Å². The standard InChI is InChI=1S/C21H15ClN2O4/c1-12-10-13(2-7-16(12)22)21(26)24-14-3-5-15(6-4-14)27-18-8-9-23-17-11-19(25)28-20(17)18/h2-10H,11H2,1H3,(H,24,26). The SMILES string of the molecule is Cc1cc(C(=O)Nc2ccc(Oc3ccnc4c3OC(=O)C4)cc2)ccc1Cl. The van der Waals surface area contributed by atoms with Crippen LogP contribution in [0.4, 0.5) is 5.69 Å². The molecule has 0 fully saturated rings. The maximum Gasteiger partial charge on any atom is 0.317 e. The summed E-state index contributed by atoms with van der Waals surface area (Å²) in [6.07, 6.45) is 1.71. The molecule has 4 rings (SSSR count). The van der Waals surface area contributed by atoms with E-state index < -0.39 is 0 Å². The normalized spacial score (nSPS) is 12.3. The second-order valence-corrected chi connectivity index (χ2v) is 6.69. The molecule has 1 aliphatic heterocycles. The number of fused-ring (bicyclic) bond motifs is 1. The Morgan fingerprint density at radius 1 is 1.18 bits per heavy atom. The molecule has 0 atom stereocenters. The lowest BCUT2D eigenvalue weighted by atomic mass is 10.1. The van der Waals surface area contributed by atoms with E-state index >= 15 is 0 Å². The average Bonchev–Trinajstić information content (AvgIpc) is 3.07. The smallest absolute Gasteiger partial charge is 0.317 e. The van der Waals surface area contributed by atoms with Crippen LogP contribution in [-0.4, -0.2) is 16.9 Å². The first-order valence-corrected chi connectivity index (χ1v) is 8.91. The summed E-state index contributed by atoms with van der Waals surface area (Å²) in [5.74, 6) is 0.727. The van der Waals surface area contributed by atoms with Crippen molar-refractivity contribution in [1.82, 2.24) is 4.98 Å². The second-order valence-electron chi connectivity index (χ2n) is 6.28. The van der Waals surface area contributed by atoms with Crippen LogP contribution in [-0.2, 0) is 11.2 Å². The number of anilines is 1. The summed E-state index contributed by atoms with van der Waals surface area (Å²) >= 11 is 6.00. The van der Waals surface area contributed by atoms with Crippen molar-refractivity contribution in [2.24, 2.45) is 0 Å². The zero-order chi connectivity index (χ0) is 19.7. The molecule has 0 aliphatic carbocycles. The largest absolute Gasteiger partial charge is 0.453 e. The minimum absolute atomic E-state index is 0.141. The molecule has 0 saturated heterocycles. The number of amides is 1. The number of carbonyl (C=O) groups is 2. The van der Waals surface area contributed by atoms with Crippen LogP contribution in [0.5, 0.6) is 17.2 Å². The predicted molar refractivity (Wildman–Crippen MR) is 104 cm³/mol. The van der Waals surface area contributed by atoms with Gasteiger partial charge in [0.25, 0.3) is 5.91 Å². The zero-order valence-electron chi connectivity index (χ0n) is 14.9. The first-order chi connectivity index (χ1) is 13.5. The number of hydrogen-bond acceptors (Lipinski definition) is 5. The molecule has 1 N–H and O–H groups in total. The minimum Gasteiger partial charge on any atom is -0.453 e. The molecule has 140 valence electrons. The number of nitrogens with zero attached hydrogens (tertiary/aromatic N) is 1. The highest BCUT2D eigenvalue weighted by Crippen LogP contribution is 2.37. The summed E-state index contributed by atoms with van der Waals surface area (Å²) in [6.45, 7) is 1.85. The van der Waals surface area contributed by atoms with Gasteiger partial charge >= 0.3 is 5.97 Å².